The maximum atomic E-state index is 12.1. The van der Waals surface area contributed by atoms with E-state index < -0.39 is 24.7 Å². The highest BCUT2D eigenvalue weighted by molar-refractivity contribution is 7.91. The Bertz CT molecular complexity index is 683. The van der Waals surface area contributed by atoms with Gasteiger partial charge in [0.2, 0.25) is 0 Å². The number of nitrogens with one attached hydrogen (secondary N) is 1. The van der Waals surface area contributed by atoms with E-state index in [-0.39, 0.29) is 22.2 Å². The van der Waals surface area contributed by atoms with Gasteiger partial charge < -0.3 is 4.98 Å². The highest BCUT2D eigenvalue weighted by Gasteiger charge is 2.26. The van der Waals surface area contributed by atoms with Crippen LogP contribution in [-0.4, -0.2) is 51.7 Å². The van der Waals surface area contributed by atoms with Crippen LogP contribution in [0, 0.1) is 6.92 Å². The molecule has 0 spiro atoms. The summed E-state index contributed by atoms with van der Waals surface area (Å²) >= 11 is 0.593. The quantitative estimate of drug-likeness (QED) is 0.782. The van der Waals surface area contributed by atoms with Gasteiger partial charge in [0.25, 0.3) is 10.0 Å². The van der Waals surface area contributed by atoms with E-state index in [0.29, 0.717) is 11.3 Å². The van der Waals surface area contributed by atoms with Crippen molar-refractivity contribution < 1.29 is 16.8 Å². The van der Waals surface area contributed by atoms with E-state index in [1.54, 1.807) is 0 Å². The topological polar surface area (TPSA) is 104 Å². The summed E-state index contributed by atoms with van der Waals surface area (Å²) in [6, 6.07) is 0. The van der Waals surface area contributed by atoms with E-state index >= 15 is 0 Å². The highest BCUT2D eigenvalue weighted by atomic mass is 32.2. The lowest BCUT2D eigenvalue weighted by atomic mass is 10.6. The summed E-state index contributed by atoms with van der Waals surface area (Å²) in [6.07, 6.45) is 1.04. The third-order valence-electron chi connectivity index (χ3n) is 2.20. The van der Waals surface area contributed by atoms with Gasteiger partial charge in [-0.05, 0) is 6.92 Å². The number of aromatic amines is 1. The Morgan fingerprint density at radius 2 is 1.83 bits per heavy atom. The number of aromatic nitrogens is 1. The predicted molar refractivity (Wildman–Crippen MR) is 69.2 cm³/mol. The number of H-pyrrole nitrogens is 1. The number of sulfone groups is 1. The molecule has 1 aromatic rings. The van der Waals surface area contributed by atoms with Gasteiger partial charge in [-0.3, -0.25) is 4.79 Å². The van der Waals surface area contributed by atoms with Crippen LogP contribution < -0.4 is 4.87 Å². The Kier molecular flexibility index (Phi) is 4.36. The van der Waals surface area contributed by atoms with E-state index in [4.69, 9.17) is 0 Å². The number of hydrogen-bond donors (Lipinski definition) is 1. The summed E-state index contributed by atoms with van der Waals surface area (Å²) in [7, 11) is -5.77. The molecule has 1 heterocycles. The minimum absolute atomic E-state index is 0.0801. The van der Waals surface area contributed by atoms with Gasteiger partial charge in [-0.25, -0.2) is 16.8 Å². The Morgan fingerprint density at radius 1 is 1.28 bits per heavy atom. The number of hydrogen-bond acceptors (Lipinski definition) is 6. The molecule has 0 aliphatic carbocycles. The van der Waals surface area contributed by atoms with Gasteiger partial charge in [0, 0.05) is 25.5 Å². The minimum atomic E-state index is -3.82. The maximum absolute atomic E-state index is 12.1. The zero-order chi connectivity index (χ0) is 14.1. The predicted octanol–water partition coefficient (Wildman–Crippen LogP) is -0.590. The molecule has 104 valence electrons. The SMILES string of the molecule is Cc1[nH]c(=O)sc1S(=O)(=O)N(C)CCS(C)(=O)=O. The van der Waals surface area contributed by atoms with Crippen molar-refractivity contribution in [3.63, 3.8) is 0 Å². The summed E-state index contributed by atoms with van der Waals surface area (Å²) < 4.78 is 47.0. The van der Waals surface area contributed by atoms with Crippen LogP contribution in [0.15, 0.2) is 9.00 Å². The van der Waals surface area contributed by atoms with Crippen LogP contribution in [0.25, 0.3) is 0 Å². The second-order valence-electron chi connectivity index (χ2n) is 3.88. The van der Waals surface area contributed by atoms with Crippen LogP contribution >= 0.6 is 11.3 Å². The molecule has 0 aromatic carbocycles. The zero-order valence-corrected chi connectivity index (χ0v) is 12.6. The second kappa shape index (κ2) is 5.11. The van der Waals surface area contributed by atoms with Crippen LogP contribution in [0.2, 0.25) is 0 Å². The van der Waals surface area contributed by atoms with Crippen molar-refractivity contribution in [3.8, 4) is 0 Å². The number of rotatable bonds is 5. The van der Waals surface area contributed by atoms with E-state index in [9.17, 15) is 21.6 Å². The molecule has 0 atom stereocenters. The van der Waals surface area contributed by atoms with Gasteiger partial charge in [-0.15, -0.1) is 0 Å². The van der Waals surface area contributed by atoms with Crippen LogP contribution in [0.4, 0.5) is 0 Å². The summed E-state index contributed by atoms with van der Waals surface area (Å²) in [6.45, 7) is 1.34. The van der Waals surface area contributed by atoms with Gasteiger partial charge in [-0.2, -0.15) is 4.31 Å². The molecule has 0 saturated heterocycles. The number of aryl methyl sites for hydroxylation is 1. The molecule has 0 bridgehead atoms. The second-order valence-corrected chi connectivity index (χ2v) is 9.37. The Balaban J connectivity index is 3.01. The van der Waals surface area contributed by atoms with Gasteiger partial charge in [0.1, 0.15) is 9.84 Å². The van der Waals surface area contributed by atoms with Crippen molar-refractivity contribution in [2.45, 2.75) is 11.1 Å². The molecule has 10 heteroatoms. The van der Waals surface area contributed by atoms with Crippen molar-refractivity contribution in [2.24, 2.45) is 0 Å². The molecule has 18 heavy (non-hydrogen) atoms. The van der Waals surface area contributed by atoms with E-state index in [2.05, 4.69) is 4.98 Å². The van der Waals surface area contributed by atoms with Gasteiger partial charge >= 0.3 is 4.87 Å². The molecule has 1 rings (SSSR count). The molecule has 7 nitrogen and oxygen atoms in total. The number of nitrogens with zero attached hydrogens (tertiary/aromatic N) is 1. The average Bonchev–Trinajstić information content (AvgIpc) is 2.53. The average molecular weight is 314 g/mol. The number of sulfonamides is 1. The van der Waals surface area contributed by atoms with Crippen molar-refractivity contribution in [1.29, 1.82) is 0 Å². The van der Waals surface area contributed by atoms with Crippen LogP contribution in [0.3, 0.4) is 0 Å². The van der Waals surface area contributed by atoms with Crippen molar-refractivity contribution >= 4 is 31.2 Å². The number of thiazole rings is 1. The fourth-order valence-electron chi connectivity index (χ4n) is 1.19. The third-order valence-corrected chi connectivity index (χ3v) is 6.57. The standard InChI is InChI=1S/C8H14N2O5S3/c1-6-7(16-8(11)9-6)18(14,15)10(2)4-5-17(3,12)13/h4-5H2,1-3H3,(H,9,11). The summed E-state index contributed by atoms with van der Waals surface area (Å²) in [5, 5.41) is 0. The van der Waals surface area contributed by atoms with Gasteiger partial charge in [-0.1, -0.05) is 11.3 Å². The zero-order valence-electron chi connectivity index (χ0n) is 10.1. The Hall–Kier alpha value is -0.710. The van der Waals surface area contributed by atoms with Crippen molar-refractivity contribution in [2.75, 3.05) is 25.6 Å². The lowest BCUT2D eigenvalue weighted by Gasteiger charge is -2.15. The molecule has 1 N–H and O–H groups in total. The first-order valence-electron chi connectivity index (χ1n) is 4.88. The molecule has 0 unspecified atom stereocenters. The highest BCUT2D eigenvalue weighted by Crippen LogP contribution is 2.19. The van der Waals surface area contributed by atoms with E-state index in [1.165, 1.54) is 14.0 Å². The largest absolute Gasteiger partial charge is 0.315 e. The third kappa shape index (κ3) is 3.64. The molecular weight excluding hydrogens is 300 g/mol. The summed E-state index contributed by atoms with van der Waals surface area (Å²) in [5.41, 5.74) is 0.260. The monoisotopic (exact) mass is 314 g/mol. The van der Waals surface area contributed by atoms with E-state index in [0.717, 1.165) is 10.6 Å². The maximum Gasteiger partial charge on any atom is 0.305 e. The molecule has 0 saturated carbocycles. The Morgan fingerprint density at radius 3 is 2.22 bits per heavy atom. The molecule has 0 aliphatic heterocycles. The smallest absolute Gasteiger partial charge is 0.305 e. The van der Waals surface area contributed by atoms with Crippen LogP contribution in [0.1, 0.15) is 5.69 Å². The van der Waals surface area contributed by atoms with E-state index in [1.807, 2.05) is 0 Å². The molecular formula is C8H14N2O5S3. The normalized spacial score (nSPS) is 13.1. The fourth-order valence-corrected chi connectivity index (χ4v) is 4.57. The Labute approximate surface area is 109 Å². The van der Waals surface area contributed by atoms with Crippen LogP contribution in [0.5, 0.6) is 0 Å². The molecule has 0 radical (unpaired) electrons. The minimum Gasteiger partial charge on any atom is -0.315 e. The van der Waals surface area contributed by atoms with Crippen molar-refractivity contribution in [1.82, 2.24) is 9.29 Å². The lowest BCUT2D eigenvalue weighted by Crippen LogP contribution is -2.31. The van der Waals surface area contributed by atoms with Gasteiger partial charge in [0.15, 0.2) is 4.21 Å². The summed E-state index contributed by atoms with van der Waals surface area (Å²) in [4.78, 5) is 13.0. The molecule has 0 aliphatic rings. The first kappa shape index (κ1) is 15.3. The molecule has 0 amide bonds. The van der Waals surface area contributed by atoms with Crippen molar-refractivity contribution in [3.05, 3.63) is 15.4 Å². The molecule has 0 fully saturated rings. The first-order chi connectivity index (χ1) is 8.04. The lowest BCUT2D eigenvalue weighted by molar-refractivity contribution is 0.486. The first-order valence-corrected chi connectivity index (χ1v) is 9.19. The van der Waals surface area contributed by atoms with Gasteiger partial charge in [0.05, 0.1) is 5.75 Å². The summed E-state index contributed by atoms with van der Waals surface area (Å²) in [5.74, 6) is -0.263. The van der Waals surface area contributed by atoms with Crippen LogP contribution in [-0.2, 0) is 19.9 Å². The fraction of sp³-hybridized carbons (Fsp3) is 0.625. The molecule has 1 aromatic heterocycles.